The van der Waals surface area contributed by atoms with Crippen molar-refractivity contribution in [3.8, 4) is 0 Å². The largest absolute Gasteiger partial charge is 0.370 e. The molecule has 1 N–H and O–H groups in total. The van der Waals surface area contributed by atoms with Crippen molar-refractivity contribution in [2.24, 2.45) is 0 Å². The van der Waals surface area contributed by atoms with Gasteiger partial charge in [-0.25, -0.2) is 9.97 Å². The Kier molecular flexibility index (Phi) is 4.38. The monoisotopic (exact) mass is 269 g/mol. The van der Waals surface area contributed by atoms with Crippen molar-refractivity contribution < 1.29 is 0 Å². The van der Waals surface area contributed by atoms with Crippen molar-refractivity contribution in [3.63, 3.8) is 0 Å². The number of benzene rings is 1. The van der Waals surface area contributed by atoms with Crippen LogP contribution in [0.1, 0.15) is 44.8 Å². The molecule has 0 radical (unpaired) electrons. The van der Waals surface area contributed by atoms with Gasteiger partial charge in [-0.15, -0.1) is 0 Å². The molecule has 0 saturated heterocycles. The van der Waals surface area contributed by atoms with E-state index in [-0.39, 0.29) is 5.41 Å². The van der Waals surface area contributed by atoms with Crippen LogP contribution >= 0.6 is 0 Å². The lowest BCUT2D eigenvalue weighted by molar-refractivity contribution is 0.563. The van der Waals surface area contributed by atoms with Crippen molar-refractivity contribution in [2.75, 3.05) is 11.9 Å². The highest BCUT2D eigenvalue weighted by Gasteiger charge is 2.18. The first-order valence-electron chi connectivity index (χ1n) is 7.15. The molecule has 1 heterocycles. The number of nitrogens with one attached hydrogen (secondary N) is 1. The molecule has 0 unspecified atom stereocenters. The summed E-state index contributed by atoms with van der Waals surface area (Å²) in [6, 6.07) is 12.4. The fourth-order valence-corrected chi connectivity index (χ4v) is 2.01. The van der Waals surface area contributed by atoms with Crippen LogP contribution < -0.4 is 5.32 Å². The maximum Gasteiger partial charge on any atom is 0.135 e. The third-order valence-corrected chi connectivity index (χ3v) is 3.10. The van der Waals surface area contributed by atoms with Crippen LogP contribution in [-0.4, -0.2) is 16.5 Å². The van der Waals surface area contributed by atoms with Crippen molar-refractivity contribution in [1.82, 2.24) is 9.97 Å². The van der Waals surface area contributed by atoms with E-state index in [1.807, 2.05) is 18.2 Å². The topological polar surface area (TPSA) is 37.8 Å². The minimum absolute atomic E-state index is 0.0263. The van der Waals surface area contributed by atoms with Crippen LogP contribution in [0.3, 0.4) is 0 Å². The lowest BCUT2D eigenvalue weighted by Crippen LogP contribution is -2.17. The van der Waals surface area contributed by atoms with E-state index in [1.165, 1.54) is 5.56 Å². The summed E-state index contributed by atoms with van der Waals surface area (Å²) >= 11 is 0. The van der Waals surface area contributed by atoms with Gasteiger partial charge in [0.1, 0.15) is 11.6 Å². The average molecular weight is 269 g/mol. The summed E-state index contributed by atoms with van der Waals surface area (Å²) < 4.78 is 0. The molecule has 0 spiro atoms. The van der Waals surface area contributed by atoms with Crippen LogP contribution in [0.5, 0.6) is 0 Å². The second-order valence-corrected chi connectivity index (χ2v) is 6.00. The van der Waals surface area contributed by atoms with Gasteiger partial charge in [0.2, 0.25) is 0 Å². The van der Waals surface area contributed by atoms with Crippen LogP contribution in [0.4, 0.5) is 5.82 Å². The molecular formula is C17H23N3. The fraction of sp³-hybridized carbons (Fsp3) is 0.412. The van der Waals surface area contributed by atoms with Gasteiger partial charge in [0, 0.05) is 24.4 Å². The normalized spacial score (nSPS) is 11.4. The number of aromatic nitrogens is 2. The molecule has 0 aliphatic carbocycles. The fourth-order valence-electron chi connectivity index (χ4n) is 2.01. The highest BCUT2D eigenvalue weighted by Crippen LogP contribution is 2.23. The summed E-state index contributed by atoms with van der Waals surface area (Å²) in [4.78, 5) is 9.34. The van der Waals surface area contributed by atoms with E-state index in [2.05, 4.69) is 56.2 Å². The molecule has 1 aromatic heterocycles. The van der Waals surface area contributed by atoms with Crippen LogP contribution in [0.25, 0.3) is 0 Å². The van der Waals surface area contributed by atoms with Crippen LogP contribution in [0, 0.1) is 0 Å². The Morgan fingerprint density at radius 2 is 1.75 bits per heavy atom. The summed E-state index contributed by atoms with van der Waals surface area (Å²) in [6.07, 6.45) is 0.767. The number of nitrogens with zero attached hydrogens (tertiary/aromatic N) is 2. The van der Waals surface area contributed by atoms with Gasteiger partial charge in [-0.1, -0.05) is 51.1 Å². The maximum absolute atomic E-state index is 4.73. The summed E-state index contributed by atoms with van der Waals surface area (Å²) in [5.74, 6) is 1.79. The summed E-state index contributed by atoms with van der Waals surface area (Å²) in [7, 11) is 0. The molecule has 0 bridgehead atoms. The minimum atomic E-state index is 0.0263. The smallest absolute Gasteiger partial charge is 0.135 e. The molecule has 2 aromatic rings. The molecule has 0 fully saturated rings. The molecule has 106 valence electrons. The van der Waals surface area contributed by atoms with Gasteiger partial charge in [0.25, 0.3) is 0 Å². The molecule has 20 heavy (non-hydrogen) atoms. The van der Waals surface area contributed by atoms with Gasteiger partial charge in [-0.3, -0.25) is 0 Å². The lowest BCUT2D eigenvalue weighted by Gasteiger charge is -2.19. The van der Waals surface area contributed by atoms with Crippen molar-refractivity contribution in [1.29, 1.82) is 0 Å². The number of hydrogen-bond acceptors (Lipinski definition) is 3. The zero-order valence-corrected chi connectivity index (χ0v) is 12.8. The van der Waals surface area contributed by atoms with E-state index >= 15 is 0 Å². The van der Waals surface area contributed by atoms with E-state index in [0.29, 0.717) is 0 Å². The molecule has 0 aliphatic heterocycles. The third kappa shape index (κ3) is 3.80. The first-order chi connectivity index (χ1) is 9.49. The van der Waals surface area contributed by atoms with Gasteiger partial charge >= 0.3 is 0 Å². The quantitative estimate of drug-likeness (QED) is 0.917. The van der Waals surface area contributed by atoms with E-state index < -0.39 is 0 Å². The predicted molar refractivity (Wildman–Crippen MR) is 84.1 cm³/mol. The highest BCUT2D eigenvalue weighted by molar-refractivity contribution is 5.38. The summed E-state index contributed by atoms with van der Waals surface area (Å²) in [5.41, 5.74) is 2.34. The second-order valence-electron chi connectivity index (χ2n) is 6.00. The SMILES string of the molecule is CCNc1cc(C(C)(C)C)nc(Cc2ccccc2)n1. The van der Waals surface area contributed by atoms with Gasteiger partial charge < -0.3 is 5.32 Å². The molecule has 0 amide bonds. The number of rotatable bonds is 4. The van der Waals surface area contributed by atoms with Gasteiger partial charge in [0.05, 0.1) is 5.69 Å². The van der Waals surface area contributed by atoms with Gasteiger partial charge in [-0.2, -0.15) is 0 Å². The Morgan fingerprint density at radius 3 is 2.35 bits per heavy atom. The first kappa shape index (κ1) is 14.5. The molecule has 0 saturated carbocycles. The van der Waals surface area contributed by atoms with Gasteiger partial charge in [-0.05, 0) is 12.5 Å². The summed E-state index contributed by atoms with van der Waals surface area (Å²) in [6.45, 7) is 9.48. The Hall–Kier alpha value is -1.90. The molecule has 0 aliphatic rings. The molecule has 1 aromatic carbocycles. The molecule has 3 nitrogen and oxygen atoms in total. The number of anilines is 1. The number of hydrogen-bond donors (Lipinski definition) is 1. The summed E-state index contributed by atoms with van der Waals surface area (Å²) in [5, 5.41) is 3.30. The lowest BCUT2D eigenvalue weighted by atomic mass is 9.92. The van der Waals surface area contributed by atoms with E-state index in [1.54, 1.807) is 0 Å². The van der Waals surface area contributed by atoms with Crippen molar-refractivity contribution >= 4 is 5.82 Å². The zero-order valence-electron chi connectivity index (χ0n) is 12.8. The van der Waals surface area contributed by atoms with Crippen molar-refractivity contribution in [2.45, 2.75) is 39.5 Å². The van der Waals surface area contributed by atoms with Crippen molar-refractivity contribution in [3.05, 3.63) is 53.5 Å². The first-order valence-corrected chi connectivity index (χ1v) is 7.15. The Morgan fingerprint density at radius 1 is 1.05 bits per heavy atom. The minimum Gasteiger partial charge on any atom is -0.370 e. The van der Waals surface area contributed by atoms with Crippen LogP contribution in [-0.2, 0) is 11.8 Å². The zero-order chi connectivity index (χ0) is 14.6. The van der Waals surface area contributed by atoms with E-state index in [9.17, 15) is 0 Å². The standard InChI is InChI=1S/C17H23N3/c1-5-18-15-12-14(17(2,3)4)19-16(20-15)11-13-9-7-6-8-10-13/h6-10,12H,5,11H2,1-4H3,(H,18,19,20). The Labute approximate surface area is 121 Å². The molecular weight excluding hydrogens is 246 g/mol. The van der Waals surface area contributed by atoms with E-state index in [0.717, 1.165) is 30.3 Å². The molecule has 3 heteroatoms. The predicted octanol–water partition coefficient (Wildman–Crippen LogP) is 3.80. The second kappa shape index (κ2) is 6.04. The molecule has 0 atom stereocenters. The third-order valence-electron chi connectivity index (χ3n) is 3.10. The maximum atomic E-state index is 4.73. The Balaban J connectivity index is 2.34. The molecule has 2 rings (SSSR count). The van der Waals surface area contributed by atoms with Gasteiger partial charge in [0.15, 0.2) is 0 Å². The van der Waals surface area contributed by atoms with E-state index in [4.69, 9.17) is 4.98 Å². The van der Waals surface area contributed by atoms with Crippen LogP contribution in [0.2, 0.25) is 0 Å². The highest BCUT2D eigenvalue weighted by atomic mass is 15.0. The van der Waals surface area contributed by atoms with Crippen LogP contribution in [0.15, 0.2) is 36.4 Å². The Bertz CT molecular complexity index is 556. The average Bonchev–Trinajstić information content (AvgIpc) is 2.39.